The Bertz CT molecular complexity index is 979. The predicted octanol–water partition coefficient (Wildman–Crippen LogP) is 3.58. The highest BCUT2D eigenvalue weighted by atomic mass is 16.4. The van der Waals surface area contributed by atoms with E-state index < -0.39 is 5.97 Å². The van der Waals surface area contributed by atoms with Gasteiger partial charge >= 0.3 is 5.97 Å². The number of phenolic OH excluding ortho intramolecular Hbond substituents is 1. The largest absolute Gasteiger partial charge is 0.508 e. The van der Waals surface area contributed by atoms with Crippen molar-refractivity contribution in [2.45, 2.75) is 50.5 Å². The van der Waals surface area contributed by atoms with E-state index in [1.807, 2.05) is 42.5 Å². The van der Waals surface area contributed by atoms with Crippen LogP contribution < -0.4 is 5.32 Å². The number of carboxylic acid groups (broad SMARTS) is 1. The second-order valence-electron chi connectivity index (χ2n) is 9.70. The number of fused-ring (bicyclic) bond motifs is 2. The molecule has 2 fully saturated rings. The Hall–Kier alpha value is -2.86. The first kappa shape index (κ1) is 23.3. The van der Waals surface area contributed by atoms with Crippen molar-refractivity contribution in [2.75, 3.05) is 19.6 Å². The minimum atomic E-state index is -1.03. The molecule has 0 spiro atoms. The van der Waals surface area contributed by atoms with E-state index in [0.717, 1.165) is 37.8 Å². The number of nitrogens with one attached hydrogen (secondary N) is 1. The number of hydrogen-bond donors (Lipinski definition) is 3. The Morgan fingerprint density at radius 3 is 2.67 bits per heavy atom. The van der Waals surface area contributed by atoms with Gasteiger partial charge in [-0.2, -0.15) is 0 Å². The van der Waals surface area contributed by atoms with Crippen LogP contribution in [0.4, 0.5) is 0 Å². The monoisotopic (exact) mass is 450 g/mol. The maximum atomic E-state index is 13.0. The lowest BCUT2D eigenvalue weighted by atomic mass is 9.57. The molecule has 1 heterocycles. The quantitative estimate of drug-likeness (QED) is 0.572. The van der Waals surface area contributed by atoms with Gasteiger partial charge in [0.25, 0.3) is 0 Å². The van der Waals surface area contributed by atoms with E-state index >= 15 is 0 Å². The van der Waals surface area contributed by atoms with Crippen LogP contribution in [0.25, 0.3) is 0 Å². The minimum Gasteiger partial charge on any atom is -0.508 e. The van der Waals surface area contributed by atoms with Crippen molar-refractivity contribution >= 4 is 11.9 Å². The van der Waals surface area contributed by atoms with Crippen molar-refractivity contribution in [3.05, 3.63) is 65.7 Å². The highest BCUT2D eigenvalue weighted by Crippen LogP contribution is 2.51. The Balaban J connectivity index is 1.53. The molecule has 1 aliphatic carbocycles. The van der Waals surface area contributed by atoms with Crippen LogP contribution in [-0.4, -0.2) is 52.7 Å². The molecule has 33 heavy (non-hydrogen) atoms. The third-order valence-corrected chi connectivity index (χ3v) is 7.87. The molecule has 3 unspecified atom stereocenters. The fraction of sp³-hybridized carbons (Fsp3) is 0.481. The van der Waals surface area contributed by atoms with Crippen LogP contribution in [0.1, 0.15) is 43.7 Å². The normalized spacial score (nSPS) is 25.8. The number of benzene rings is 2. The molecule has 3 N–H and O–H groups in total. The van der Waals surface area contributed by atoms with Crippen molar-refractivity contribution in [1.29, 1.82) is 0 Å². The summed E-state index contributed by atoms with van der Waals surface area (Å²) in [5.74, 6) is -0.821. The molecule has 4 atom stereocenters. The molecule has 6 nitrogen and oxygen atoms in total. The molecule has 176 valence electrons. The van der Waals surface area contributed by atoms with Gasteiger partial charge in [0.1, 0.15) is 12.3 Å². The van der Waals surface area contributed by atoms with Crippen LogP contribution in [0.3, 0.4) is 0 Å². The van der Waals surface area contributed by atoms with Crippen molar-refractivity contribution < 1.29 is 19.8 Å². The summed E-state index contributed by atoms with van der Waals surface area (Å²) in [6.07, 6.45) is 4.91. The van der Waals surface area contributed by atoms with Crippen molar-refractivity contribution in [1.82, 2.24) is 10.2 Å². The Morgan fingerprint density at radius 1 is 1.15 bits per heavy atom. The topological polar surface area (TPSA) is 89.9 Å². The van der Waals surface area contributed by atoms with Gasteiger partial charge in [0.05, 0.1) is 5.92 Å². The minimum absolute atomic E-state index is 0.0542. The van der Waals surface area contributed by atoms with Crippen LogP contribution >= 0.6 is 0 Å². The SMILES string of the molecule is CC1C2CCCC1(c1cccc(O)c1)CCN2C[C@H](Cc1ccccc1)C(=O)NCC(=O)O. The number of carbonyl (C=O) groups excluding carboxylic acids is 1. The molecule has 2 aromatic carbocycles. The molecule has 4 rings (SSSR count). The lowest BCUT2D eigenvalue weighted by Crippen LogP contribution is -2.59. The average Bonchev–Trinajstić information content (AvgIpc) is 2.79. The van der Waals surface area contributed by atoms with E-state index in [1.165, 1.54) is 5.56 Å². The number of hydrogen-bond acceptors (Lipinski definition) is 4. The van der Waals surface area contributed by atoms with Gasteiger partial charge in [0.15, 0.2) is 0 Å². The molecule has 1 aliphatic heterocycles. The number of aliphatic carboxylic acids is 1. The van der Waals surface area contributed by atoms with Crippen LogP contribution in [0.15, 0.2) is 54.6 Å². The fourth-order valence-electron chi connectivity index (χ4n) is 6.16. The number of carboxylic acids is 1. The number of carbonyl (C=O) groups is 2. The van der Waals surface area contributed by atoms with Gasteiger partial charge < -0.3 is 15.5 Å². The summed E-state index contributed by atoms with van der Waals surface area (Å²) >= 11 is 0. The van der Waals surface area contributed by atoms with Gasteiger partial charge in [-0.1, -0.05) is 55.8 Å². The lowest BCUT2D eigenvalue weighted by molar-refractivity contribution is -0.138. The molecular formula is C27H34N2O4. The molecule has 0 radical (unpaired) electrons. The van der Waals surface area contributed by atoms with Crippen molar-refractivity contribution in [2.24, 2.45) is 11.8 Å². The fourth-order valence-corrected chi connectivity index (χ4v) is 6.16. The predicted molar refractivity (Wildman–Crippen MR) is 127 cm³/mol. The third-order valence-electron chi connectivity index (χ3n) is 7.87. The number of rotatable bonds is 8. The second-order valence-corrected chi connectivity index (χ2v) is 9.70. The summed E-state index contributed by atoms with van der Waals surface area (Å²) in [5.41, 5.74) is 2.36. The van der Waals surface area contributed by atoms with Crippen molar-refractivity contribution in [3.63, 3.8) is 0 Å². The summed E-state index contributed by atoms with van der Waals surface area (Å²) in [4.78, 5) is 26.4. The molecular weight excluding hydrogens is 416 g/mol. The van der Waals surface area contributed by atoms with Crippen molar-refractivity contribution in [3.8, 4) is 5.75 Å². The number of piperidine rings is 1. The molecule has 1 saturated carbocycles. The number of phenols is 1. The molecule has 1 saturated heterocycles. The summed E-state index contributed by atoms with van der Waals surface area (Å²) in [7, 11) is 0. The van der Waals surface area contributed by atoms with E-state index in [9.17, 15) is 14.7 Å². The maximum absolute atomic E-state index is 13.0. The molecule has 2 bridgehead atoms. The number of likely N-dealkylation sites (tertiary alicyclic amines) is 1. The molecule has 6 heteroatoms. The molecule has 2 aliphatic rings. The Morgan fingerprint density at radius 2 is 1.94 bits per heavy atom. The average molecular weight is 451 g/mol. The lowest BCUT2D eigenvalue weighted by Gasteiger charge is -2.56. The summed E-state index contributed by atoms with van der Waals surface area (Å²) < 4.78 is 0. The first-order valence-corrected chi connectivity index (χ1v) is 12.0. The second kappa shape index (κ2) is 9.96. The standard InChI is InChI=1S/C27H34N2O4/c1-19-24-11-6-12-27(19,22-9-5-10-23(30)16-22)13-14-29(24)18-21(26(33)28-17-25(31)32)15-20-7-3-2-4-8-20/h2-5,7-10,16,19,21,24,30H,6,11-15,17-18H2,1H3,(H,28,33)(H,31,32)/t19?,21-,24?,27?/m0/s1. The van der Waals surface area contributed by atoms with E-state index in [4.69, 9.17) is 5.11 Å². The number of amides is 1. The molecule has 2 aromatic rings. The van der Waals surface area contributed by atoms with Gasteiger partial charge in [0, 0.05) is 18.0 Å². The zero-order chi connectivity index (χ0) is 23.4. The van der Waals surface area contributed by atoms with E-state index in [0.29, 0.717) is 30.7 Å². The highest BCUT2D eigenvalue weighted by molar-refractivity contribution is 5.83. The van der Waals surface area contributed by atoms with Crippen LogP contribution in [-0.2, 0) is 21.4 Å². The molecule has 1 amide bonds. The Kier molecular flexibility index (Phi) is 7.03. The van der Waals surface area contributed by atoms with Gasteiger partial charge in [-0.25, -0.2) is 0 Å². The van der Waals surface area contributed by atoms with Gasteiger partial charge in [0.2, 0.25) is 5.91 Å². The summed E-state index contributed by atoms with van der Waals surface area (Å²) in [6, 6.07) is 18.0. The Labute approximate surface area is 195 Å². The third kappa shape index (κ3) is 5.06. The van der Waals surface area contributed by atoms with E-state index in [1.54, 1.807) is 6.07 Å². The summed E-state index contributed by atoms with van der Waals surface area (Å²) in [5, 5.41) is 21.7. The zero-order valence-electron chi connectivity index (χ0n) is 19.2. The van der Waals surface area contributed by atoms with Crippen LogP contribution in [0.5, 0.6) is 5.75 Å². The highest BCUT2D eigenvalue weighted by Gasteiger charge is 2.49. The number of aromatic hydroxyl groups is 1. The van der Waals surface area contributed by atoms with E-state index in [2.05, 4.69) is 23.2 Å². The van der Waals surface area contributed by atoms with Gasteiger partial charge in [-0.05, 0) is 61.4 Å². The number of nitrogens with zero attached hydrogens (tertiary/aromatic N) is 1. The first-order valence-electron chi connectivity index (χ1n) is 12.0. The van der Waals surface area contributed by atoms with E-state index in [-0.39, 0.29) is 23.8 Å². The summed E-state index contributed by atoms with van der Waals surface area (Å²) in [6.45, 7) is 3.47. The van der Waals surface area contributed by atoms with Crippen LogP contribution in [0, 0.1) is 11.8 Å². The van der Waals surface area contributed by atoms with Crippen LogP contribution in [0.2, 0.25) is 0 Å². The molecule has 0 aromatic heterocycles. The van der Waals surface area contributed by atoms with Gasteiger partial charge in [-0.3, -0.25) is 14.5 Å². The maximum Gasteiger partial charge on any atom is 0.322 e. The smallest absolute Gasteiger partial charge is 0.322 e. The first-order chi connectivity index (χ1) is 15.9. The zero-order valence-corrected chi connectivity index (χ0v) is 19.2. The van der Waals surface area contributed by atoms with Gasteiger partial charge in [-0.15, -0.1) is 0 Å².